The number of carbonyl (C=O) groups is 1. The lowest BCUT2D eigenvalue weighted by Gasteiger charge is -2.32. The summed E-state index contributed by atoms with van der Waals surface area (Å²) in [4.78, 5) is 10.9. The predicted molar refractivity (Wildman–Crippen MR) is 45.1 cm³/mol. The average molecular weight is 224 g/mol. The first-order valence-corrected chi connectivity index (χ1v) is 4.22. The van der Waals surface area contributed by atoms with Gasteiger partial charge in [-0.3, -0.25) is 0 Å². The molecule has 3 nitrogen and oxygen atoms in total. The number of hydrogen-bond acceptors (Lipinski definition) is 3. The van der Waals surface area contributed by atoms with Gasteiger partial charge >= 0.3 is 12.1 Å². The van der Waals surface area contributed by atoms with Crippen LogP contribution < -0.4 is 0 Å². The van der Waals surface area contributed by atoms with Crippen molar-refractivity contribution in [1.82, 2.24) is 0 Å². The molecule has 1 unspecified atom stereocenters. The Hall–Kier alpha value is -1.04. The summed E-state index contributed by atoms with van der Waals surface area (Å²) in [7, 11) is 0. The van der Waals surface area contributed by atoms with Gasteiger partial charge in [-0.2, -0.15) is 13.2 Å². The highest BCUT2D eigenvalue weighted by Crippen LogP contribution is 2.52. The van der Waals surface area contributed by atoms with Crippen LogP contribution in [-0.4, -0.2) is 30.0 Å². The molecule has 1 aliphatic rings. The Bertz CT molecular complexity index is 289. The van der Waals surface area contributed by atoms with Crippen LogP contribution in [0, 0.1) is 0 Å². The summed E-state index contributed by atoms with van der Waals surface area (Å²) in [6.45, 7) is 4.94. The van der Waals surface area contributed by atoms with Crippen molar-refractivity contribution >= 4 is 5.97 Å². The maximum absolute atomic E-state index is 12.6. The van der Waals surface area contributed by atoms with Gasteiger partial charge in [-0.15, -0.1) is 0 Å². The lowest BCUT2D eigenvalue weighted by atomic mass is 9.90. The van der Waals surface area contributed by atoms with Crippen LogP contribution in [-0.2, 0) is 14.3 Å². The summed E-state index contributed by atoms with van der Waals surface area (Å²) in [5, 5.41) is 0. The molecule has 0 aromatic carbocycles. The van der Waals surface area contributed by atoms with E-state index in [1.807, 2.05) is 0 Å². The molecular weight excluding hydrogens is 213 g/mol. The molecule has 0 N–H and O–H groups in total. The fourth-order valence-electron chi connectivity index (χ4n) is 1.30. The molecule has 0 radical (unpaired) electrons. The van der Waals surface area contributed by atoms with Crippen molar-refractivity contribution in [3.05, 3.63) is 12.7 Å². The minimum Gasteiger partial charge on any atom is -0.453 e. The van der Waals surface area contributed by atoms with Gasteiger partial charge in [-0.05, 0) is 13.8 Å². The van der Waals surface area contributed by atoms with Crippen molar-refractivity contribution in [3.63, 3.8) is 0 Å². The van der Waals surface area contributed by atoms with E-state index in [2.05, 4.69) is 16.1 Å². The van der Waals surface area contributed by atoms with Crippen molar-refractivity contribution in [2.45, 2.75) is 31.2 Å². The summed E-state index contributed by atoms with van der Waals surface area (Å²) in [5.41, 5.74) is -4.13. The standard InChI is InChI=1S/C9H11F3O3/c1-4-6(13)15-7(2,3)8(5-14-8)9(10,11)12/h4H,1,5H2,2-3H3. The molecule has 0 spiro atoms. The molecule has 0 aliphatic carbocycles. The minimum absolute atomic E-state index is 0.492. The molecule has 0 aromatic rings. The van der Waals surface area contributed by atoms with E-state index < -0.39 is 30.0 Å². The summed E-state index contributed by atoms with van der Waals surface area (Å²) >= 11 is 0. The third-order valence-corrected chi connectivity index (χ3v) is 2.39. The first kappa shape index (κ1) is 12.0. The molecule has 1 atom stereocenters. The smallest absolute Gasteiger partial charge is 0.423 e. The van der Waals surface area contributed by atoms with Crippen LogP contribution in [0.2, 0.25) is 0 Å². The quantitative estimate of drug-likeness (QED) is 0.417. The van der Waals surface area contributed by atoms with Crippen molar-refractivity contribution in [2.75, 3.05) is 6.61 Å². The van der Waals surface area contributed by atoms with Gasteiger partial charge in [0.2, 0.25) is 5.60 Å². The van der Waals surface area contributed by atoms with Crippen molar-refractivity contribution in [2.24, 2.45) is 0 Å². The molecule has 1 fully saturated rings. The van der Waals surface area contributed by atoms with E-state index in [-0.39, 0.29) is 0 Å². The second-order valence-electron chi connectivity index (χ2n) is 3.75. The molecule has 6 heteroatoms. The molecule has 1 rings (SSSR count). The summed E-state index contributed by atoms with van der Waals surface area (Å²) in [5.74, 6) is -0.904. The highest BCUT2D eigenvalue weighted by Gasteiger charge is 2.75. The topological polar surface area (TPSA) is 38.8 Å². The second-order valence-corrected chi connectivity index (χ2v) is 3.75. The Morgan fingerprint density at radius 2 is 2.00 bits per heavy atom. The third-order valence-electron chi connectivity index (χ3n) is 2.39. The maximum atomic E-state index is 12.6. The van der Waals surface area contributed by atoms with E-state index in [0.29, 0.717) is 0 Å². The first-order valence-electron chi connectivity index (χ1n) is 4.22. The minimum atomic E-state index is -4.56. The predicted octanol–water partition coefficient (Wildman–Crippen LogP) is 1.83. The van der Waals surface area contributed by atoms with E-state index in [0.717, 1.165) is 19.9 Å². The average Bonchev–Trinajstić information content (AvgIpc) is 2.81. The normalized spacial score (nSPS) is 25.9. The van der Waals surface area contributed by atoms with Crippen LogP contribution >= 0.6 is 0 Å². The van der Waals surface area contributed by atoms with Gasteiger partial charge in [-0.25, -0.2) is 4.79 Å². The number of rotatable bonds is 3. The Morgan fingerprint density at radius 3 is 2.27 bits per heavy atom. The summed E-state index contributed by atoms with van der Waals surface area (Å²) in [6.07, 6.45) is -3.74. The summed E-state index contributed by atoms with van der Waals surface area (Å²) < 4.78 is 46.9. The van der Waals surface area contributed by atoms with Gasteiger partial charge in [0.25, 0.3) is 0 Å². The van der Waals surface area contributed by atoms with E-state index in [4.69, 9.17) is 0 Å². The molecule has 1 aliphatic heterocycles. The molecule has 15 heavy (non-hydrogen) atoms. The van der Waals surface area contributed by atoms with Crippen LogP contribution in [0.25, 0.3) is 0 Å². The van der Waals surface area contributed by atoms with E-state index in [1.54, 1.807) is 0 Å². The Kier molecular flexibility index (Phi) is 2.59. The van der Waals surface area contributed by atoms with Gasteiger partial charge in [-0.1, -0.05) is 6.58 Å². The van der Waals surface area contributed by atoms with Crippen LogP contribution in [0.3, 0.4) is 0 Å². The van der Waals surface area contributed by atoms with Gasteiger partial charge in [0.15, 0.2) is 0 Å². The number of ether oxygens (including phenoxy) is 2. The first-order chi connectivity index (χ1) is 6.66. The van der Waals surface area contributed by atoms with Gasteiger partial charge in [0.05, 0.1) is 6.61 Å². The SMILES string of the molecule is C=CC(=O)OC(C)(C)C1(C(F)(F)F)CO1. The number of alkyl halides is 3. The Morgan fingerprint density at radius 1 is 1.53 bits per heavy atom. The van der Waals surface area contributed by atoms with Crippen molar-refractivity contribution in [1.29, 1.82) is 0 Å². The van der Waals surface area contributed by atoms with E-state index in [9.17, 15) is 18.0 Å². The zero-order chi connectivity index (χ0) is 11.9. The Labute approximate surface area is 84.8 Å². The molecule has 86 valence electrons. The fourth-order valence-corrected chi connectivity index (χ4v) is 1.30. The van der Waals surface area contributed by atoms with Crippen LogP contribution in [0.15, 0.2) is 12.7 Å². The highest BCUT2D eigenvalue weighted by atomic mass is 19.4. The number of halogens is 3. The third kappa shape index (κ3) is 1.86. The van der Waals surface area contributed by atoms with Crippen LogP contribution in [0.5, 0.6) is 0 Å². The number of carbonyl (C=O) groups excluding carboxylic acids is 1. The fraction of sp³-hybridized carbons (Fsp3) is 0.667. The zero-order valence-electron chi connectivity index (χ0n) is 8.35. The monoisotopic (exact) mass is 224 g/mol. The molecule has 1 heterocycles. The lowest BCUT2D eigenvalue weighted by molar-refractivity contribution is -0.235. The molecule has 1 saturated heterocycles. The van der Waals surface area contributed by atoms with Crippen LogP contribution in [0.1, 0.15) is 13.8 Å². The van der Waals surface area contributed by atoms with Crippen molar-refractivity contribution < 1.29 is 27.4 Å². The number of epoxide rings is 1. The largest absolute Gasteiger partial charge is 0.453 e. The second kappa shape index (κ2) is 3.23. The molecule has 0 aromatic heterocycles. The zero-order valence-corrected chi connectivity index (χ0v) is 8.35. The number of hydrogen-bond donors (Lipinski definition) is 0. The Balaban J connectivity index is 2.86. The van der Waals surface area contributed by atoms with Gasteiger partial charge in [0, 0.05) is 6.08 Å². The van der Waals surface area contributed by atoms with Gasteiger partial charge in [0.1, 0.15) is 5.60 Å². The van der Waals surface area contributed by atoms with Crippen molar-refractivity contribution in [3.8, 4) is 0 Å². The molecular formula is C9H11F3O3. The molecule has 0 saturated carbocycles. The lowest BCUT2D eigenvalue weighted by Crippen LogP contribution is -2.53. The highest BCUT2D eigenvalue weighted by molar-refractivity contribution is 5.81. The van der Waals surface area contributed by atoms with Gasteiger partial charge < -0.3 is 9.47 Å². The van der Waals surface area contributed by atoms with E-state index >= 15 is 0 Å². The van der Waals surface area contributed by atoms with Crippen LogP contribution in [0.4, 0.5) is 13.2 Å². The number of esters is 1. The maximum Gasteiger partial charge on any atom is 0.423 e. The molecule has 0 amide bonds. The summed E-state index contributed by atoms with van der Waals surface area (Å²) in [6, 6.07) is 0. The molecule has 0 bridgehead atoms. The van der Waals surface area contributed by atoms with E-state index in [1.165, 1.54) is 0 Å².